The zero-order valence-corrected chi connectivity index (χ0v) is 17.4. The van der Waals surface area contributed by atoms with Crippen LogP contribution in [0.3, 0.4) is 0 Å². The van der Waals surface area contributed by atoms with E-state index < -0.39 is 9.84 Å². The minimum absolute atomic E-state index is 0.0489. The molecule has 3 heterocycles. The third-order valence-electron chi connectivity index (χ3n) is 4.62. The van der Waals surface area contributed by atoms with Crippen LogP contribution in [-0.4, -0.2) is 35.7 Å². The summed E-state index contributed by atoms with van der Waals surface area (Å²) < 4.78 is 30.0. The predicted octanol–water partition coefficient (Wildman–Crippen LogP) is 3.11. The summed E-state index contributed by atoms with van der Waals surface area (Å²) >= 11 is 2.91. The lowest BCUT2D eigenvalue weighted by atomic mass is 9.97. The summed E-state index contributed by atoms with van der Waals surface area (Å²) in [5.74, 6) is 1.08. The number of aryl methyl sites for hydroxylation is 2. The monoisotopic (exact) mass is 424 g/mol. The zero-order chi connectivity index (χ0) is 19.0. The van der Waals surface area contributed by atoms with E-state index in [1.165, 1.54) is 22.9 Å². The van der Waals surface area contributed by atoms with Gasteiger partial charge in [0.2, 0.25) is 0 Å². The van der Waals surface area contributed by atoms with Gasteiger partial charge in [-0.05, 0) is 43.4 Å². The van der Waals surface area contributed by atoms with Crippen LogP contribution in [0.15, 0.2) is 32.8 Å². The van der Waals surface area contributed by atoms with E-state index in [1.807, 2.05) is 6.07 Å². The molecule has 0 atom stereocenters. The van der Waals surface area contributed by atoms with Crippen LogP contribution in [0.1, 0.15) is 29.0 Å². The first kappa shape index (κ1) is 18.8. The number of rotatable bonds is 6. The van der Waals surface area contributed by atoms with Gasteiger partial charge in [0.1, 0.15) is 20.4 Å². The van der Waals surface area contributed by atoms with Crippen molar-refractivity contribution in [2.45, 2.75) is 37.4 Å². The Balaban J connectivity index is 1.80. The molecule has 3 aromatic rings. The summed E-state index contributed by atoms with van der Waals surface area (Å²) in [7, 11) is -3.06. The van der Waals surface area contributed by atoms with Crippen LogP contribution in [-0.2, 0) is 29.2 Å². The average molecular weight is 425 g/mol. The highest BCUT2D eigenvalue weighted by Gasteiger charge is 2.22. The van der Waals surface area contributed by atoms with Crippen molar-refractivity contribution in [3.05, 3.63) is 45.0 Å². The van der Waals surface area contributed by atoms with E-state index in [0.29, 0.717) is 23.2 Å². The molecule has 0 aliphatic heterocycles. The Morgan fingerprint density at radius 2 is 2.15 bits per heavy atom. The molecule has 0 fully saturated rings. The van der Waals surface area contributed by atoms with Crippen molar-refractivity contribution in [1.29, 1.82) is 0 Å². The first-order valence-corrected chi connectivity index (χ1v) is 12.7. The van der Waals surface area contributed by atoms with Crippen molar-refractivity contribution < 1.29 is 12.8 Å². The highest BCUT2D eigenvalue weighted by atomic mass is 32.2. The maximum Gasteiger partial charge on any atom is 0.263 e. The molecule has 9 heteroatoms. The normalized spacial score (nSPS) is 14.6. The van der Waals surface area contributed by atoms with Gasteiger partial charge < -0.3 is 4.42 Å². The molecule has 0 radical (unpaired) electrons. The van der Waals surface area contributed by atoms with Gasteiger partial charge >= 0.3 is 0 Å². The first-order valence-electron chi connectivity index (χ1n) is 8.80. The van der Waals surface area contributed by atoms with Crippen LogP contribution < -0.4 is 5.56 Å². The third-order valence-corrected chi connectivity index (χ3v) is 7.99. The molecule has 27 heavy (non-hydrogen) atoms. The molecule has 0 amide bonds. The van der Waals surface area contributed by atoms with E-state index in [9.17, 15) is 13.2 Å². The molecule has 6 nitrogen and oxygen atoms in total. The molecular formula is C18H20N2O4S3. The second kappa shape index (κ2) is 7.44. The minimum Gasteiger partial charge on any atom is -0.467 e. The van der Waals surface area contributed by atoms with Crippen LogP contribution in [0.25, 0.3) is 10.2 Å². The Morgan fingerprint density at radius 3 is 2.89 bits per heavy atom. The first-order chi connectivity index (χ1) is 12.9. The lowest BCUT2D eigenvalue weighted by Crippen LogP contribution is -2.24. The molecule has 1 aliphatic carbocycles. The Kier molecular flexibility index (Phi) is 5.17. The van der Waals surface area contributed by atoms with Crippen LogP contribution >= 0.6 is 23.1 Å². The smallest absolute Gasteiger partial charge is 0.263 e. The fourth-order valence-electron chi connectivity index (χ4n) is 3.31. The maximum atomic E-state index is 13.3. The molecule has 0 unspecified atom stereocenters. The summed E-state index contributed by atoms with van der Waals surface area (Å²) in [6.45, 7) is 0.292. The van der Waals surface area contributed by atoms with E-state index in [0.717, 1.165) is 41.5 Å². The zero-order valence-electron chi connectivity index (χ0n) is 14.9. The maximum absolute atomic E-state index is 13.3. The van der Waals surface area contributed by atoms with Crippen molar-refractivity contribution in [3.8, 4) is 0 Å². The highest BCUT2D eigenvalue weighted by Crippen LogP contribution is 2.34. The molecule has 0 bridgehead atoms. The van der Waals surface area contributed by atoms with Crippen LogP contribution in [0.5, 0.6) is 0 Å². The number of hydrogen-bond acceptors (Lipinski definition) is 7. The van der Waals surface area contributed by atoms with E-state index in [2.05, 4.69) is 0 Å². The summed E-state index contributed by atoms with van der Waals surface area (Å²) in [6.07, 6.45) is 6.97. The number of furan rings is 1. The van der Waals surface area contributed by atoms with E-state index in [1.54, 1.807) is 28.2 Å². The number of nitrogens with zero attached hydrogens (tertiary/aromatic N) is 2. The summed E-state index contributed by atoms with van der Waals surface area (Å²) in [5, 5.41) is 1.28. The van der Waals surface area contributed by atoms with E-state index >= 15 is 0 Å². The van der Waals surface area contributed by atoms with Gasteiger partial charge in [-0.15, -0.1) is 11.3 Å². The van der Waals surface area contributed by atoms with E-state index in [-0.39, 0.29) is 11.3 Å². The molecule has 4 rings (SSSR count). The topological polar surface area (TPSA) is 82.2 Å². The van der Waals surface area contributed by atoms with Gasteiger partial charge in [-0.3, -0.25) is 9.36 Å². The molecule has 1 aliphatic rings. The Hall–Kier alpha value is -1.58. The minimum atomic E-state index is -3.06. The predicted molar refractivity (Wildman–Crippen MR) is 109 cm³/mol. The number of thioether (sulfide) groups is 1. The van der Waals surface area contributed by atoms with Gasteiger partial charge in [-0.1, -0.05) is 11.8 Å². The third kappa shape index (κ3) is 4.00. The molecule has 0 saturated heterocycles. The van der Waals surface area contributed by atoms with Gasteiger partial charge in [0.05, 0.1) is 23.9 Å². The van der Waals surface area contributed by atoms with Crippen molar-refractivity contribution in [2.75, 3.05) is 17.8 Å². The molecule has 3 aromatic heterocycles. The second-order valence-corrected chi connectivity index (χ2v) is 11.1. The highest BCUT2D eigenvalue weighted by molar-refractivity contribution is 8.00. The second-order valence-electron chi connectivity index (χ2n) is 6.73. The lowest BCUT2D eigenvalue weighted by molar-refractivity contribution is 0.476. The number of aromatic nitrogens is 2. The SMILES string of the molecule is CS(=O)(=O)CCSc1nc2sc3c(c2c(=O)n1Cc1ccco1)CCCC3. The van der Waals surface area contributed by atoms with Crippen molar-refractivity contribution >= 4 is 43.2 Å². The Labute approximate surface area is 165 Å². The lowest BCUT2D eigenvalue weighted by Gasteiger charge is -2.12. The Morgan fingerprint density at radius 1 is 1.33 bits per heavy atom. The summed E-state index contributed by atoms with van der Waals surface area (Å²) in [4.78, 5) is 20.1. The van der Waals surface area contributed by atoms with Gasteiger partial charge in [-0.25, -0.2) is 13.4 Å². The Bertz CT molecular complexity index is 1130. The van der Waals surface area contributed by atoms with Crippen molar-refractivity contribution in [2.24, 2.45) is 0 Å². The number of sulfone groups is 1. The average Bonchev–Trinajstić information content (AvgIpc) is 3.24. The van der Waals surface area contributed by atoms with Crippen molar-refractivity contribution in [1.82, 2.24) is 9.55 Å². The summed E-state index contributed by atoms with van der Waals surface area (Å²) in [5.41, 5.74) is 1.09. The quantitative estimate of drug-likeness (QED) is 0.447. The standard InChI is InChI=1S/C18H20N2O4S3/c1-27(22,23)10-9-25-18-19-16-15(13-6-2-3-7-14(13)26-16)17(21)20(18)11-12-5-4-8-24-12/h4-5,8H,2-3,6-7,9-11H2,1H3. The van der Waals surface area contributed by atoms with Crippen LogP contribution in [0, 0.1) is 0 Å². The van der Waals surface area contributed by atoms with Gasteiger partial charge in [-0.2, -0.15) is 0 Å². The molecule has 144 valence electrons. The van der Waals surface area contributed by atoms with Gasteiger partial charge in [0, 0.05) is 16.9 Å². The number of hydrogen-bond donors (Lipinski definition) is 0. The fraction of sp³-hybridized carbons (Fsp3) is 0.444. The summed E-state index contributed by atoms with van der Waals surface area (Å²) in [6, 6.07) is 3.61. The van der Waals surface area contributed by atoms with Crippen molar-refractivity contribution in [3.63, 3.8) is 0 Å². The number of fused-ring (bicyclic) bond motifs is 3. The molecule has 0 spiro atoms. The van der Waals surface area contributed by atoms with Gasteiger partial charge in [0.25, 0.3) is 5.56 Å². The largest absolute Gasteiger partial charge is 0.467 e. The number of thiophene rings is 1. The van der Waals surface area contributed by atoms with Gasteiger partial charge in [0.15, 0.2) is 5.16 Å². The fourth-order valence-corrected chi connectivity index (χ4v) is 6.81. The molecule has 0 aromatic carbocycles. The van der Waals surface area contributed by atoms with Crippen LogP contribution in [0.2, 0.25) is 0 Å². The molecular weight excluding hydrogens is 404 g/mol. The molecule has 0 N–H and O–H groups in total. The van der Waals surface area contributed by atoms with E-state index in [4.69, 9.17) is 9.40 Å². The molecule has 0 saturated carbocycles. The van der Waals surface area contributed by atoms with Crippen LogP contribution in [0.4, 0.5) is 0 Å².